The van der Waals surface area contributed by atoms with Gasteiger partial charge in [-0.3, -0.25) is 0 Å². The van der Waals surface area contributed by atoms with Gasteiger partial charge in [0.05, 0.1) is 0 Å². The van der Waals surface area contributed by atoms with Crippen molar-refractivity contribution in [3.05, 3.63) is 29.3 Å². The molecular formula is C10H12Cl2OS. The maximum atomic E-state index is 5.93. The predicted octanol–water partition coefficient (Wildman–Crippen LogP) is 4.03. The van der Waals surface area contributed by atoms with E-state index in [1.54, 1.807) is 18.9 Å². The van der Waals surface area contributed by atoms with Gasteiger partial charge >= 0.3 is 0 Å². The van der Waals surface area contributed by atoms with Crippen molar-refractivity contribution in [2.24, 2.45) is 0 Å². The van der Waals surface area contributed by atoms with Crippen LogP contribution in [-0.4, -0.2) is 17.9 Å². The summed E-state index contributed by atoms with van der Waals surface area (Å²) in [5.74, 6) is 0. The van der Waals surface area contributed by atoms with E-state index in [1.807, 2.05) is 31.2 Å². The largest absolute Gasteiger partial charge is 0.365 e. The second-order valence-electron chi connectivity index (χ2n) is 2.86. The number of alkyl halides is 1. The summed E-state index contributed by atoms with van der Waals surface area (Å²) in [5.41, 5.74) is -0.268. The van der Waals surface area contributed by atoms with Gasteiger partial charge in [0.1, 0.15) is 5.56 Å². The lowest BCUT2D eigenvalue weighted by Gasteiger charge is -2.15. The standard InChI is InChI=1S/C10H12Cl2OS/c1-7(10(12)13-2)14-9-5-3-8(11)4-6-9/h3-7,10H,1-2H3. The molecule has 0 aromatic heterocycles. The van der Waals surface area contributed by atoms with Crippen molar-refractivity contribution in [1.29, 1.82) is 0 Å². The molecule has 1 nitrogen and oxygen atoms in total. The van der Waals surface area contributed by atoms with E-state index in [1.165, 1.54) is 0 Å². The second kappa shape index (κ2) is 5.86. The normalized spacial score (nSPS) is 15.1. The molecule has 0 spiro atoms. The van der Waals surface area contributed by atoms with E-state index in [-0.39, 0.29) is 10.8 Å². The van der Waals surface area contributed by atoms with Crippen LogP contribution in [0.4, 0.5) is 0 Å². The van der Waals surface area contributed by atoms with Crippen LogP contribution in [0.2, 0.25) is 5.02 Å². The zero-order chi connectivity index (χ0) is 10.6. The van der Waals surface area contributed by atoms with E-state index in [9.17, 15) is 0 Å². The number of thioether (sulfide) groups is 1. The molecule has 1 aromatic rings. The topological polar surface area (TPSA) is 9.23 Å². The first-order valence-electron chi connectivity index (χ1n) is 4.22. The maximum absolute atomic E-state index is 5.93. The first-order valence-corrected chi connectivity index (χ1v) is 5.92. The summed E-state index contributed by atoms with van der Waals surface area (Å²) in [6, 6.07) is 7.69. The summed E-state index contributed by atoms with van der Waals surface area (Å²) in [7, 11) is 1.61. The Morgan fingerprint density at radius 1 is 1.29 bits per heavy atom. The number of methoxy groups -OCH3 is 1. The molecule has 0 amide bonds. The van der Waals surface area contributed by atoms with Gasteiger partial charge in [0.25, 0.3) is 0 Å². The molecule has 0 N–H and O–H groups in total. The van der Waals surface area contributed by atoms with Crippen molar-refractivity contribution < 1.29 is 4.74 Å². The molecule has 0 heterocycles. The molecule has 0 radical (unpaired) electrons. The highest BCUT2D eigenvalue weighted by atomic mass is 35.5. The van der Waals surface area contributed by atoms with E-state index >= 15 is 0 Å². The van der Waals surface area contributed by atoms with Gasteiger partial charge in [-0.15, -0.1) is 11.8 Å². The Labute approximate surface area is 98.7 Å². The fraction of sp³-hybridized carbons (Fsp3) is 0.400. The minimum absolute atomic E-state index is 0.211. The van der Waals surface area contributed by atoms with Crippen LogP contribution in [0.25, 0.3) is 0 Å². The number of benzene rings is 1. The van der Waals surface area contributed by atoms with Crippen LogP contribution in [0.3, 0.4) is 0 Å². The van der Waals surface area contributed by atoms with Gasteiger partial charge in [-0.1, -0.05) is 23.2 Å². The Bertz CT molecular complexity index is 276. The molecule has 1 aromatic carbocycles. The van der Waals surface area contributed by atoms with Gasteiger partial charge in [0.2, 0.25) is 0 Å². The molecule has 4 heteroatoms. The highest BCUT2D eigenvalue weighted by molar-refractivity contribution is 8.00. The molecular weight excluding hydrogens is 239 g/mol. The first kappa shape index (κ1) is 12.2. The van der Waals surface area contributed by atoms with Crippen molar-refractivity contribution in [2.45, 2.75) is 22.6 Å². The number of ether oxygens (including phenoxy) is 1. The van der Waals surface area contributed by atoms with E-state index in [0.29, 0.717) is 0 Å². The molecule has 0 aliphatic carbocycles. The number of hydrogen-bond acceptors (Lipinski definition) is 2. The lowest BCUT2D eigenvalue weighted by atomic mass is 10.4. The Hall–Kier alpha value is 0.110. The quantitative estimate of drug-likeness (QED) is 0.590. The third-order valence-electron chi connectivity index (χ3n) is 1.73. The molecule has 2 atom stereocenters. The average molecular weight is 251 g/mol. The molecule has 0 fully saturated rings. The van der Waals surface area contributed by atoms with Crippen LogP contribution in [0, 0.1) is 0 Å². The van der Waals surface area contributed by atoms with Gasteiger partial charge in [0.15, 0.2) is 0 Å². The lowest BCUT2D eigenvalue weighted by molar-refractivity contribution is 0.168. The smallest absolute Gasteiger partial charge is 0.142 e. The molecule has 0 bridgehead atoms. The SMILES string of the molecule is COC(Cl)C(C)Sc1ccc(Cl)cc1. The van der Waals surface area contributed by atoms with Gasteiger partial charge in [-0.25, -0.2) is 0 Å². The summed E-state index contributed by atoms with van der Waals surface area (Å²) >= 11 is 13.4. The van der Waals surface area contributed by atoms with Gasteiger partial charge in [0, 0.05) is 22.3 Å². The average Bonchev–Trinajstić information content (AvgIpc) is 2.20. The zero-order valence-electron chi connectivity index (χ0n) is 8.04. The minimum Gasteiger partial charge on any atom is -0.365 e. The first-order chi connectivity index (χ1) is 6.63. The van der Waals surface area contributed by atoms with Gasteiger partial charge < -0.3 is 4.74 Å². The highest BCUT2D eigenvalue weighted by Gasteiger charge is 2.14. The molecule has 0 aliphatic heterocycles. The highest BCUT2D eigenvalue weighted by Crippen LogP contribution is 2.28. The van der Waals surface area contributed by atoms with Gasteiger partial charge in [-0.2, -0.15) is 0 Å². The van der Waals surface area contributed by atoms with Crippen molar-refractivity contribution in [3.63, 3.8) is 0 Å². The van der Waals surface area contributed by atoms with E-state index < -0.39 is 0 Å². The van der Waals surface area contributed by atoms with Crippen molar-refractivity contribution >= 4 is 35.0 Å². The van der Waals surface area contributed by atoms with Crippen LogP contribution < -0.4 is 0 Å². The Balaban J connectivity index is 2.56. The molecule has 14 heavy (non-hydrogen) atoms. The van der Waals surface area contributed by atoms with Crippen molar-refractivity contribution in [2.75, 3.05) is 7.11 Å². The summed E-state index contributed by atoms with van der Waals surface area (Å²) in [5, 5.41) is 0.957. The fourth-order valence-electron chi connectivity index (χ4n) is 0.973. The van der Waals surface area contributed by atoms with Crippen LogP contribution in [-0.2, 0) is 4.74 Å². The van der Waals surface area contributed by atoms with Gasteiger partial charge in [-0.05, 0) is 31.2 Å². The molecule has 78 valence electrons. The molecule has 0 saturated carbocycles. The Morgan fingerprint density at radius 3 is 2.36 bits per heavy atom. The maximum Gasteiger partial charge on any atom is 0.142 e. The fourth-order valence-corrected chi connectivity index (χ4v) is 2.19. The monoisotopic (exact) mass is 250 g/mol. The summed E-state index contributed by atoms with van der Waals surface area (Å²) in [6.07, 6.45) is 0. The molecule has 0 aliphatic rings. The molecule has 2 unspecified atom stereocenters. The van der Waals surface area contributed by atoms with Crippen LogP contribution in [0.15, 0.2) is 29.2 Å². The van der Waals surface area contributed by atoms with Crippen molar-refractivity contribution in [3.8, 4) is 0 Å². The lowest BCUT2D eigenvalue weighted by Crippen LogP contribution is -2.15. The predicted molar refractivity (Wildman–Crippen MR) is 63.4 cm³/mol. The zero-order valence-corrected chi connectivity index (χ0v) is 10.4. The number of rotatable bonds is 4. The molecule has 1 rings (SSSR count). The molecule has 0 saturated heterocycles. The van der Waals surface area contributed by atoms with E-state index in [2.05, 4.69) is 0 Å². The second-order valence-corrected chi connectivity index (χ2v) is 5.18. The van der Waals surface area contributed by atoms with E-state index in [0.717, 1.165) is 9.92 Å². The van der Waals surface area contributed by atoms with Crippen LogP contribution >= 0.6 is 35.0 Å². The summed E-state index contributed by atoms with van der Waals surface area (Å²) in [4.78, 5) is 1.14. The summed E-state index contributed by atoms with van der Waals surface area (Å²) < 4.78 is 5.03. The summed E-state index contributed by atoms with van der Waals surface area (Å²) in [6.45, 7) is 2.03. The Morgan fingerprint density at radius 2 is 1.86 bits per heavy atom. The van der Waals surface area contributed by atoms with Crippen LogP contribution in [0.5, 0.6) is 0 Å². The van der Waals surface area contributed by atoms with E-state index in [4.69, 9.17) is 27.9 Å². The third kappa shape index (κ3) is 3.70. The van der Waals surface area contributed by atoms with Crippen LogP contribution in [0.1, 0.15) is 6.92 Å². The third-order valence-corrected chi connectivity index (χ3v) is 3.85. The van der Waals surface area contributed by atoms with Crippen molar-refractivity contribution in [1.82, 2.24) is 0 Å². The number of halogens is 2. The number of hydrogen-bond donors (Lipinski definition) is 0. The Kier molecular flexibility index (Phi) is 5.10. The minimum atomic E-state index is -0.268.